The Morgan fingerprint density at radius 3 is 2.86 bits per heavy atom. The van der Waals surface area contributed by atoms with E-state index in [0.717, 1.165) is 19.4 Å². The van der Waals surface area contributed by atoms with Gasteiger partial charge in [0.25, 0.3) is 0 Å². The Morgan fingerprint density at radius 1 is 1.71 bits per heavy atom. The summed E-state index contributed by atoms with van der Waals surface area (Å²) in [4.78, 5) is 0. The molecular formula is C5H11OP. The lowest BCUT2D eigenvalue weighted by Gasteiger charge is -1.92. The molecule has 42 valence electrons. The van der Waals surface area contributed by atoms with Gasteiger partial charge in [0.1, 0.15) is 0 Å². The van der Waals surface area contributed by atoms with E-state index in [9.17, 15) is 0 Å². The highest BCUT2D eigenvalue weighted by Crippen LogP contribution is 1.85. The first kappa shape index (κ1) is 7.13. The maximum atomic E-state index is 4.97. The van der Waals surface area contributed by atoms with Crippen molar-refractivity contribution >= 4 is 9.24 Å². The summed E-state index contributed by atoms with van der Waals surface area (Å²) in [5, 5.41) is 0. The van der Waals surface area contributed by atoms with Crippen molar-refractivity contribution in [2.75, 3.05) is 13.0 Å². The van der Waals surface area contributed by atoms with Gasteiger partial charge in [0.15, 0.2) is 0 Å². The lowest BCUT2D eigenvalue weighted by atomic mass is 10.5. The van der Waals surface area contributed by atoms with Crippen molar-refractivity contribution in [2.45, 2.75) is 6.42 Å². The molecule has 0 aliphatic heterocycles. The summed E-state index contributed by atoms with van der Waals surface area (Å²) in [5.41, 5.74) is 0. The van der Waals surface area contributed by atoms with Crippen LogP contribution in [0.15, 0.2) is 12.7 Å². The van der Waals surface area contributed by atoms with Crippen LogP contribution in [0, 0.1) is 0 Å². The van der Waals surface area contributed by atoms with Crippen molar-refractivity contribution in [2.24, 2.45) is 0 Å². The van der Waals surface area contributed by atoms with Gasteiger partial charge in [-0.1, -0.05) is 6.08 Å². The highest BCUT2D eigenvalue weighted by molar-refractivity contribution is 7.16. The number of hydrogen-bond acceptors (Lipinski definition) is 1. The highest BCUT2D eigenvalue weighted by Gasteiger charge is 1.75. The lowest BCUT2D eigenvalue weighted by Crippen LogP contribution is -1.87. The number of hydrogen-bond donors (Lipinski definition) is 0. The summed E-state index contributed by atoms with van der Waals surface area (Å²) in [6, 6.07) is 0. The Balaban J connectivity index is 2.56. The minimum absolute atomic E-state index is 0.730. The molecule has 0 aliphatic rings. The second kappa shape index (κ2) is 6.13. The second-order valence-corrected chi connectivity index (χ2v) is 1.49. The Morgan fingerprint density at radius 2 is 2.43 bits per heavy atom. The summed E-state index contributed by atoms with van der Waals surface area (Å²) < 4.78 is 4.97. The van der Waals surface area contributed by atoms with Crippen LogP contribution in [0.25, 0.3) is 0 Å². The molecule has 0 aliphatic carbocycles. The molecule has 1 nitrogen and oxygen atoms in total. The number of rotatable bonds is 4. The second-order valence-electron chi connectivity index (χ2n) is 1.15. The molecule has 1 unspecified atom stereocenters. The smallest absolute Gasteiger partial charge is 0.0602 e. The van der Waals surface area contributed by atoms with Crippen molar-refractivity contribution < 1.29 is 4.74 Å². The molecule has 1 atom stereocenters. The topological polar surface area (TPSA) is 9.23 Å². The van der Waals surface area contributed by atoms with Gasteiger partial charge in [-0.05, 0) is 6.42 Å². The zero-order valence-corrected chi connectivity index (χ0v) is 5.55. The summed E-state index contributed by atoms with van der Waals surface area (Å²) >= 11 is 0. The third-order valence-electron chi connectivity index (χ3n) is 0.584. The Kier molecular flexibility index (Phi) is 6.24. The van der Waals surface area contributed by atoms with E-state index >= 15 is 0 Å². The van der Waals surface area contributed by atoms with E-state index in [1.54, 1.807) is 0 Å². The van der Waals surface area contributed by atoms with E-state index in [-0.39, 0.29) is 0 Å². The molecule has 0 spiro atoms. The van der Waals surface area contributed by atoms with Crippen LogP contribution in [-0.2, 0) is 4.74 Å². The molecule has 0 bridgehead atoms. The molecule has 0 radical (unpaired) electrons. The van der Waals surface area contributed by atoms with Crippen molar-refractivity contribution in [3.05, 3.63) is 12.7 Å². The fraction of sp³-hybridized carbons (Fsp3) is 0.600. The molecule has 0 fully saturated rings. The molecule has 0 aromatic heterocycles. The van der Waals surface area contributed by atoms with E-state index in [0.29, 0.717) is 0 Å². The van der Waals surface area contributed by atoms with E-state index in [1.807, 2.05) is 6.08 Å². The first-order valence-corrected chi connectivity index (χ1v) is 3.12. The van der Waals surface area contributed by atoms with E-state index in [4.69, 9.17) is 4.74 Å². The quantitative estimate of drug-likeness (QED) is 0.308. The molecule has 0 aromatic carbocycles. The van der Waals surface area contributed by atoms with Gasteiger partial charge in [-0.2, -0.15) is 0 Å². The summed E-state index contributed by atoms with van der Waals surface area (Å²) in [6.45, 7) is 4.34. The van der Waals surface area contributed by atoms with Gasteiger partial charge < -0.3 is 4.74 Å². The van der Waals surface area contributed by atoms with Crippen molar-refractivity contribution in [3.63, 3.8) is 0 Å². The molecule has 2 heteroatoms. The van der Waals surface area contributed by atoms with E-state index < -0.39 is 0 Å². The monoisotopic (exact) mass is 118 g/mol. The average Bonchev–Trinajstić information content (AvgIpc) is 1.69. The van der Waals surface area contributed by atoms with Gasteiger partial charge in [0.2, 0.25) is 0 Å². The Hall–Kier alpha value is 0.130. The van der Waals surface area contributed by atoms with Gasteiger partial charge in [0.05, 0.1) is 13.0 Å². The van der Waals surface area contributed by atoms with Crippen LogP contribution in [0.3, 0.4) is 0 Å². The predicted octanol–water partition coefficient (Wildman–Crippen LogP) is 1.41. The molecule has 0 heterocycles. The normalized spacial score (nSPS) is 8.71. The van der Waals surface area contributed by atoms with Crippen LogP contribution in [-0.4, -0.2) is 13.0 Å². The molecule has 0 N–H and O–H groups in total. The molecule has 0 rings (SSSR count). The third-order valence-corrected chi connectivity index (χ3v) is 0.820. The third kappa shape index (κ3) is 6.13. The molecular weight excluding hydrogens is 107 g/mol. The van der Waals surface area contributed by atoms with Crippen LogP contribution in [0.1, 0.15) is 6.42 Å². The average molecular weight is 118 g/mol. The van der Waals surface area contributed by atoms with Crippen molar-refractivity contribution in [3.8, 4) is 0 Å². The van der Waals surface area contributed by atoms with Gasteiger partial charge in [-0.3, -0.25) is 0 Å². The van der Waals surface area contributed by atoms with E-state index in [1.165, 1.54) is 0 Å². The lowest BCUT2D eigenvalue weighted by molar-refractivity contribution is 0.188. The van der Waals surface area contributed by atoms with Crippen molar-refractivity contribution in [1.82, 2.24) is 0 Å². The van der Waals surface area contributed by atoms with Gasteiger partial charge in [0, 0.05) is 0 Å². The fourth-order valence-corrected chi connectivity index (χ4v) is 0.417. The van der Waals surface area contributed by atoms with Crippen molar-refractivity contribution in [1.29, 1.82) is 0 Å². The SMILES string of the molecule is C=CCCOCP. The molecule has 0 saturated carbocycles. The summed E-state index contributed by atoms with van der Waals surface area (Å²) in [7, 11) is 2.49. The maximum absolute atomic E-state index is 4.97. The predicted molar refractivity (Wildman–Crippen MR) is 35.3 cm³/mol. The van der Waals surface area contributed by atoms with Crippen LogP contribution < -0.4 is 0 Å². The summed E-state index contributed by atoms with van der Waals surface area (Å²) in [6.07, 6.45) is 3.53. The molecule has 0 saturated heterocycles. The van der Waals surface area contributed by atoms with Crippen LogP contribution in [0.2, 0.25) is 0 Å². The van der Waals surface area contributed by atoms with E-state index in [2.05, 4.69) is 15.8 Å². The summed E-state index contributed by atoms with van der Waals surface area (Å²) in [5.74, 6) is 0. The zero-order valence-electron chi connectivity index (χ0n) is 4.39. The Bertz CT molecular complexity index is 45.3. The molecule has 0 amide bonds. The minimum atomic E-state index is 0.730. The largest absolute Gasteiger partial charge is 0.377 e. The van der Waals surface area contributed by atoms with Crippen LogP contribution in [0.4, 0.5) is 0 Å². The highest BCUT2D eigenvalue weighted by atomic mass is 31.0. The maximum Gasteiger partial charge on any atom is 0.0602 e. The minimum Gasteiger partial charge on any atom is -0.377 e. The van der Waals surface area contributed by atoms with Crippen LogP contribution >= 0.6 is 9.24 Å². The number of ether oxygens (including phenoxy) is 1. The first-order valence-electron chi connectivity index (χ1n) is 2.30. The van der Waals surface area contributed by atoms with Gasteiger partial charge >= 0.3 is 0 Å². The van der Waals surface area contributed by atoms with Gasteiger partial charge in [-0.15, -0.1) is 15.8 Å². The molecule has 0 aromatic rings. The standard InChI is InChI=1S/C5H11OP/c1-2-3-4-6-5-7/h2H,1,3-5,7H2. The van der Waals surface area contributed by atoms with Crippen LogP contribution in [0.5, 0.6) is 0 Å². The Labute approximate surface area is 47.0 Å². The zero-order chi connectivity index (χ0) is 5.54. The van der Waals surface area contributed by atoms with Gasteiger partial charge in [-0.25, -0.2) is 0 Å². The molecule has 7 heavy (non-hydrogen) atoms. The fourth-order valence-electron chi connectivity index (χ4n) is 0.250. The first-order chi connectivity index (χ1) is 3.41.